The van der Waals surface area contributed by atoms with Gasteiger partial charge in [0.1, 0.15) is 5.82 Å². The molecule has 0 radical (unpaired) electrons. The highest BCUT2D eigenvalue weighted by molar-refractivity contribution is 9.10. The number of nitrogens with one attached hydrogen (secondary N) is 1. The van der Waals surface area contributed by atoms with Crippen molar-refractivity contribution in [3.63, 3.8) is 0 Å². The molecule has 0 heterocycles. The predicted molar refractivity (Wildman–Crippen MR) is 87.0 cm³/mol. The Balaban J connectivity index is 2.23. The van der Waals surface area contributed by atoms with E-state index >= 15 is 0 Å². The van der Waals surface area contributed by atoms with Gasteiger partial charge in [0, 0.05) is 4.47 Å². The largest absolute Gasteiger partial charge is 0.271 e. The summed E-state index contributed by atoms with van der Waals surface area (Å²) in [7, 11) is 0. The van der Waals surface area contributed by atoms with Gasteiger partial charge < -0.3 is 0 Å². The average molecular weight is 423 g/mol. The molecule has 2 aromatic carbocycles. The van der Waals surface area contributed by atoms with E-state index < -0.39 is 0 Å². The van der Waals surface area contributed by atoms with E-state index in [2.05, 4.69) is 37.3 Å². The van der Waals surface area contributed by atoms with Crippen LogP contribution >= 0.6 is 43.5 Å². The van der Waals surface area contributed by atoms with Crippen LogP contribution in [0.25, 0.3) is 0 Å². The second-order valence-corrected chi connectivity index (χ2v) is 6.46. The van der Waals surface area contributed by atoms with Gasteiger partial charge in [0.25, 0.3) is 0 Å². The van der Waals surface area contributed by atoms with Crippen LogP contribution in [-0.2, 0) is 6.42 Å². The Morgan fingerprint density at radius 2 is 1.90 bits per heavy atom. The molecule has 0 saturated heterocycles. The van der Waals surface area contributed by atoms with Crippen LogP contribution in [0.15, 0.2) is 45.3 Å². The molecule has 20 heavy (non-hydrogen) atoms. The molecule has 0 bridgehead atoms. The molecule has 0 fully saturated rings. The lowest BCUT2D eigenvalue weighted by Gasteiger charge is -2.17. The second-order valence-electron chi connectivity index (χ2n) is 4.35. The molecule has 2 rings (SSSR count). The Morgan fingerprint density at radius 1 is 1.15 bits per heavy atom. The Kier molecular flexibility index (Phi) is 5.57. The fourth-order valence-corrected chi connectivity index (χ4v) is 2.84. The maximum absolute atomic E-state index is 13.2. The molecule has 3 N–H and O–H groups in total. The topological polar surface area (TPSA) is 38.0 Å². The molecule has 106 valence electrons. The molecule has 1 atom stereocenters. The molecule has 1 unspecified atom stereocenters. The summed E-state index contributed by atoms with van der Waals surface area (Å²) in [6, 6.07) is 10.5. The Morgan fingerprint density at radius 3 is 2.50 bits per heavy atom. The van der Waals surface area contributed by atoms with Crippen LogP contribution in [0.1, 0.15) is 17.2 Å². The van der Waals surface area contributed by atoms with E-state index in [1.54, 1.807) is 12.1 Å². The Hall–Kier alpha value is -0.460. The lowest BCUT2D eigenvalue weighted by molar-refractivity contribution is 0.550. The van der Waals surface area contributed by atoms with Gasteiger partial charge in [-0.05, 0) is 73.7 Å². The van der Waals surface area contributed by atoms with Gasteiger partial charge in [0.05, 0.1) is 15.5 Å². The summed E-state index contributed by atoms with van der Waals surface area (Å²) < 4.78 is 14.5. The minimum Gasteiger partial charge on any atom is -0.271 e. The van der Waals surface area contributed by atoms with Crippen LogP contribution in [0.3, 0.4) is 0 Å². The van der Waals surface area contributed by atoms with Gasteiger partial charge in [-0.3, -0.25) is 11.3 Å². The molecule has 6 heteroatoms. The first-order valence-corrected chi connectivity index (χ1v) is 7.82. The molecule has 0 aliphatic rings. The molecule has 0 amide bonds. The number of hydrazine groups is 1. The van der Waals surface area contributed by atoms with Gasteiger partial charge in [-0.25, -0.2) is 4.39 Å². The fourth-order valence-electron chi connectivity index (χ4n) is 1.90. The lowest BCUT2D eigenvalue weighted by Crippen LogP contribution is -2.29. The van der Waals surface area contributed by atoms with Crippen molar-refractivity contribution >= 4 is 43.5 Å². The molecular weight excluding hydrogens is 410 g/mol. The quantitative estimate of drug-likeness (QED) is 0.551. The van der Waals surface area contributed by atoms with Gasteiger partial charge in [0.15, 0.2) is 0 Å². The van der Waals surface area contributed by atoms with E-state index in [-0.39, 0.29) is 11.9 Å². The number of hydrogen-bond acceptors (Lipinski definition) is 2. The monoisotopic (exact) mass is 420 g/mol. The zero-order chi connectivity index (χ0) is 14.7. The van der Waals surface area contributed by atoms with Crippen LogP contribution in [0.2, 0.25) is 5.02 Å². The van der Waals surface area contributed by atoms with Crippen molar-refractivity contribution in [2.75, 3.05) is 0 Å². The molecule has 0 aliphatic heterocycles. The number of benzene rings is 2. The third-order valence-corrected chi connectivity index (χ3v) is 4.79. The first-order valence-electron chi connectivity index (χ1n) is 5.86. The maximum Gasteiger partial charge on any atom is 0.137 e. The molecule has 0 aliphatic carbocycles. The first kappa shape index (κ1) is 15.9. The van der Waals surface area contributed by atoms with Crippen LogP contribution in [0, 0.1) is 5.82 Å². The van der Waals surface area contributed by atoms with Crippen LogP contribution in [-0.4, -0.2) is 0 Å². The smallest absolute Gasteiger partial charge is 0.137 e. The summed E-state index contributed by atoms with van der Waals surface area (Å²) in [6.45, 7) is 0. The summed E-state index contributed by atoms with van der Waals surface area (Å²) in [5.41, 5.74) is 4.76. The van der Waals surface area contributed by atoms with Crippen molar-refractivity contribution in [2.24, 2.45) is 5.84 Å². The third kappa shape index (κ3) is 3.80. The molecule has 0 aromatic heterocycles. The Labute approximate surface area is 138 Å². The number of hydrogen-bond donors (Lipinski definition) is 2. The van der Waals surface area contributed by atoms with Crippen molar-refractivity contribution in [3.8, 4) is 0 Å². The molecule has 2 aromatic rings. The van der Waals surface area contributed by atoms with Gasteiger partial charge in [-0.1, -0.05) is 23.7 Å². The van der Waals surface area contributed by atoms with Gasteiger partial charge >= 0.3 is 0 Å². The standard InChI is InChI=1S/C14H12Br2ClFN2/c15-10-7-9(2-3-12(10)17)14(20-19)6-8-1-4-13(18)11(16)5-8/h1-5,7,14,20H,6,19H2. The molecule has 0 saturated carbocycles. The number of halogens is 4. The van der Waals surface area contributed by atoms with E-state index in [4.69, 9.17) is 17.4 Å². The SMILES string of the molecule is NNC(Cc1ccc(F)c(Br)c1)c1ccc(Cl)c(Br)c1. The number of rotatable bonds is 4. The average Bonchev–Trinajstić information content (AvgIpc) is 2.43. The summed E-state index contributed by atoms with van der Waals surface area (Å²) in [5, 5.41) is 0.647. The van der Waals surface area contributed by atoms with Crippen LogP contribution in [0.5, 0.6) is 0 Å². The summed E-state index contributed by atoms with van der Waals surface area (Å²) in [6.07, 6.45) is 0.642. The van der Waals surface area contributed by atoms with Crippen molar-refractivity contribution in [1.29, 1.82) is 0 Å². The highest BCUT2D eigenvalue weighted by Gasteiger charge is 2.13. The Bertz CT molecular complexity index is 622. The van der Waals surface area contributed by atoms with E-state index in [1.807, 2.05) is 18.2 Å². The second kappa shape index (κ2) is 7.00. The van der Waals surface area contributed by atoms with Crippen LogP contribution < -0.4 is 11.3 Å². The van der Waals surface area contributed by atoms with E-state index in [9.17, 15) is 4.39 Å². The fraction of sp³-hybridized carbons (Fsp3) is 0.143. The zero-order valence-electron chi connectivity index (χ0n) is 10.3. The number of nitrogens with two attached hydrogens (primary N) is 1. The summed E-state index contributed by atoms with van der Waals surface area (Å²) in [4.78, 5) is 0. The molecule has 0 spiro atoms. The van der Waals surface area contributed by atoms with E-state index in [1.165, 1.54) is 6.07 Å². The molecular formula is C14H12Br2ClFN2. The van der Waals surface area contributed by atoms with E-state index in [0.717, 1.165) is 15.6 Å². The minimum atomic E-state index is -0.278. The summed E-state index contributed by atoms with van der Waals surface area (Å²) >= 11 is 12.6. The predicted octanol–water partition coefficient (Wildman–Crippen LogP) is 4.75. The lowest BCUT2D eigenvalue weighted by atomic mass is 9.99. The van der Waals surface area contributed by atoms with Crippen molar-refractivity contribution in [2.45, 2.75) is 12.5 Å². The first-order chi connectivity index (χ1) is 9.51. The third-order valence-electron chi connectivity index (χ3n) is 2.97. The van der Waals surface area contributed by atoms with Gasteiger partial charge in [-0.2, -0.15) is 0 Å². The normalized spacial score (nSPS) is 12.4. The highest BCUT2D eigenvalue weighted by atomic mass is 79.9. The van der Waals surface area contributed by atoms with Crippen molar-refractivity contribution in [3.05, 3.63) is 67.3 Å². The van der Waals surface area contributed by atoms with Crippen molar-refractivity contribution in [1.82, 2.24) is 5.43 Å². The van der Waals surface area contributed by atoms with Crippen LogP contribution in [0.4, 0.5) is 4.39 Å². The highest BCUT2D eigenvalue weighted by Crippen LogP contribution is 2.28. The summed E-state index contributed by atoms with van der Waals surface area (Å²) in [5.74, 6) is 5.35. The van der Waals surface area contributed by atoms with Gasteiger partial charge in [0.2, 0.25) is 0 Å². The minimum absolute atomic E-state index is 0.0825. The maximum atomic E-state index is 13.2. The van der Waals surface area contributed by atoms with Crippen molar-refractivity contribution < 1.29 is 4.39 Å². The molecule has 2 nitrogen and oxygen atoms in total. The van der Waals surface area contributed by atoms with E-state index in [0.29, 0.717) is 15.9 Å². The zero-order valence-corrected chi connectivity index (χ0v) is 14.3. The van der Waals surface area contributed by atoms with Gasteiger partial charge in [-0.15, -0.1) is 0 Å².